The van der Waals surface area contributed by atoms with E-state index in [0.29, 0.717) is 31.8 Å². The fourth-order valence-electron chi connectivity index (χ4n) is 1.16. The SMILES string of the molecule is O=C(C(=CCl)OP(=O)(O)O)N1CCOCC1. The second-order valence-electron chi connectivity index (χ2n) is 2.96. The van der Waals surface area contributed by atoms with E-state index in [1.165, 1.54) is 4.90 Å². The van der Waals surface area contributed by atoms with Crippen LogP contribution in [0.4, 0.5) is 0 Å². The van der Waals surface area contributed by atoms with Gasteiger partial charge in [-0.2, -0.15) is 0 Å². The Kier molecular flexibility index (Phi) is 4.76. The van der Waals surface area contributed by atoms with E-state index in [9.17, 15) is 9.36 Å². The van der Waals surface area contributed by atoms with E-state index in [1.54, 1.807) is 0 Å². The van der Waals surface area contributed by atoms with Crippen molar-refractivity contribution in [3.8, 4) is 0 Å². The van der Waals surface area contributed by atoms with Crippen LogP contribution >= 0.6 is 19.4 Å². The third-order valence-electron chi connectivity index (χ3n) is 1.83. The Bertz CT molecular complexity index is 334. The van der Waals surface area contributed by atoms with E-state index in [4.69, 9.17) is 26.1 Å². The molecule has 0 spiro atoms. The van der Waals surface area contributed by atoms with Crippen LogP contribution in [0.2, 0.25) is 0 Å². The van der Waals surface area contributed by atoms with Gasteiger partial charge in [-0.05, 0) is 0 Å². The first-order valence-electron chi connectivity index (χ1n) is 4.36. The topological polar surface area (TPSA) is 96.3 Å². The predicted molar refractivity (Wildman–Crippen MR) is 54.5 cm³/mol. The van der Waals surface area contributed by atoms with Gasteiger partial charge in [-0.25, -0.2) is 4.57 Å². The molecule has 16 heavy (non-hydrogen) atoms. The summed E-state index contributed by atoms with van der Waals surface area (Å²) in [6.45, 7) is 1.41. The third kappa shape index (κ3) is 4.11. The summed E-state index contributed by atoms with van der Waals surface area (Å²) in [4.78, 5) is 30.1. The zero-order chi connectivity index (χ0) is 12.2. The summed E-state index contributed by atoms with van der Waals surface area (Å²) in [6, 6.07) is 0. The summed E-state index contributed by atoms with van der Waals surface area (Å²) in [6.07, 6.45) is 0. The average molecular weight is 272 g/mol. The van der Waals surface area contributed by atoms with Gasteiger partial charge in [0.05, 0.1) is 18.7 Å². The van der Waals surface area contributed by atoms with Crippen molar-refractivity contribution >= 4 is 25.3 Å². The molecule has 92 valence electrons. The summed E-state index contributed by atoms with van der Waals surface area (Å²) in [5, 5.41) is 0. The highest BCUT2D eigenvalue weighted by atomic mass is 35.5. The highest BCUT2D eigenvalue weighted by Crippen LogP contribution is 2.39. The number of nitrogens with zero attached hydrogens (tertiary/aromatic N) is 1. The van der Waals surface area contributed by atoms with Crippen LogP contribution < -0.4 is 0 Å². The molecule has 0 saturated carbocycles. The van der Waals surface area contributed by atoms with Crippen LogP contribution in [0, 0.1) is 0 Å². The lowest BCUT2D eigenvalue weighted by atomic mass is 10.4. The molecule has 9 heteroatoms. The first-order chi connectivity index (χ1) is 7.44. The van der Waals surface area contributed by atoms with Gasteiger partial charge in [0.1, 0.15) is 0 Å². The largest absolute Gasteiger partial charge is 0.525 e. The summed E-state index contributed by atoms with van der Waals surface area (Å²) < 4.78 is 19.8. The molecule has 1 amide bonds. The van der Waals surface area contributed by atoms with Crippen molar-refractivity contribution in [2.45, 2.75) is 0 Å². The van der Waals surface area contributed by atoms with Crippen molar-refractivity contribution in [1.29, 1.82) is 0 Å². The number of carbonyl (C=O) groups is 1. The van der Waals surface area contributed by atoms with Gasteiger partial charge in [0.15, 0.2) is 0 Å². The first kappa shape index (κ1) is 13.5. The van der Waals surface area contributed by atoms with Crippen molar-refractivity contribution in [1.82, 2.24) is 4.90 Å². The van der Waals surface area contributed by atoms with E-state index in [1.807, 2.05) is 0 Å². The first-order valence-corrected chi connectivity index (χ1v) is 6.33. The smallest absolute Gasteiger partial charge is 0.397 e. The fourth-order valence-corrected chi connectivity index (χ4v) is 1.74. The summed E-state index contributed by atoms with van der Waals surface area (Å²) in [5.41, 5.74) is 0.705. The van der Waals surface area contributed by atoms with Crippen LogP contribution in [0.25, 0.3) is 0 Å². The van der Waals surface area contributed by atoms with Crippen molar-refractivity contribution in [2.75, 3.05) is 26.3 Å². The van der Waals surface area contributed by atoms with E-state index in [2.05, 4.69) is 4.52 Å². The van der Waals surface area contributed by atoms with Crippen LogP contribution in [0.15, 0.2) is 11.3 Å². The minimum absolute atomic E-state index is 0.331. The number of carbonyl (C=O) groups excluding carboxylic acids is 1. The quantitative estimate of drug-likeness (QED) is 0.427. The van der Waals surface area contributed by atoms with E-state index in [-0.39, 0.29) is 0 Å². The van der Waals surface area contributed by atoms with E-state index >= 15 is 0 Å². The molecule has 1 rings (SSSR count). The summed E-state index contributed by atoms with van der Waals surface area (Å²) in [7, 11) is -4.77. The average Bonchev–Trinajstić information content (AvgIpc) is 2.25. The molecule has 0 aromatic heterocycles. The maximum atomic E-state index is 11.7. The lowest BCUT2D eigenvalue weighted by Crippen LogP contribution is -2.41. The molecule has 0 aromatic rings. The standard InChI is InChI=1S/C7H11ClNO6P/c8-5-6(15-16(11,12)13)7(10)9-1-3-14-4-2-9/h5H,1-4H2,(H2,11,12,13). The predicted octanol–water partition coefficient (Wildman–Crippen LogP) is 0.0347. The number of phosphoric acid groups is 1. The van der Waals surface area contributed by atoms with E-state index < -0.39 is 19.5 Å². The third-order valence-corrected chi connectivity index (χ3v) is 2.46. The molecule has 1 aliphatic heterocycles. The molecule has 0 radical (unpaired) electrons. The van der Waals surface area contributed by atoms with Gasteiger partial charge < -0.3 is 14.2 Å². The fraction of sp³-hybridized carbons (Fsp3) is 0.571. The normalized spacial score (nSPS) is 18.4. The van der Waals surface area contributed by atoms with Crippen LogP contribution in [0.5, 0.6) is 0 Å². The van der Waals surface area contributed by atoms with Gasteiger partial charge in [0.2, 0.25) is 5.76 Å². The molecule has 0 unspecified atom stereocenters. The molecule has 0 bridgehead atoms. The molecule has 0 atom stereocenters. The van der Waals surface area contributed by atoms with Crippen molar-refractivity contribution in [2.24, 2.45) is 0 Å². The zero-order valence-electron chi connectivity index (χ0n) is 8.21. The summed E-state index contributed by atoms with van der Waals surface area (Å²) >= 11 is 5.28. The summed E-state index contributed by atoms with van der Waals surface area (Å²) in [5.74, 6) is -1.24. The Morgan fingerprint density at radius 3 is 2.44 bits per heavy atom. The number of ether oxygens (including phenoxy) is 1. The van der Waals surface area contributed by atoms with Gasteiger partial charge in [0.25, 0.3) is 5.91 Å². The minimum Gasteiger partial charge on any atom is -0.397 e. The highest BCUT2D eigenvalue weighted by Gasteiger charge is 2.27. The Hall–Kier alpha value is -0.590. The number of rotatable bonds is 3. The maximum absolute atomic E-state index is 11.7. The second kappa shape index (κ2) is 5.65. The van der Waals surface area contributed by atoms with Crippen molar-refractivity contribution in [3.63, 3.8) is 0 Å². The molecule has 1 fully saturated rings. The Balaban J connectivity index is 2.66. The monoisotopic (exact) mass is 271 g/mol. The molecular formula is C7H11ClNO6P. The molecule has 0 aromatic carbocycles. The molecular weight excluding hydrogens is 261 g/mol. The van der Waals surface area contributed by atoms with Crippen molar-refractivity contribution in [3.05, 3.63) is 11.3 Å². The maximum Gasteiger partial charge on any atom is 0.525 e. The van der Waals surface area contributed by atoms with Crippen molar-refractivity contribution < 1.29 is 28.4 Å². The zero-order valence-corrected chi connectivity index (χ0v) is 9.86. The number of hydrogen-bond donors (Lipinski definition) is 2. The molecule has 1 heterocycles. The van der Waals surface area contributed by atoms with Gasteiger partial charge in [-0.1, -0.05) is 11.6 Å². The number of phosphoric ester groups is 1. The van der Waals surface area contributed by atoms with Crippen LogP contribution in [-0.2, 0) is 18.6 Å². The number of halogens is 1. The lowest BCUT2D eigenvalue weighted by Gasteiger charge is -2.27. The molecule has 1 aliphatic rings. The Labute approximate surface area is 96.8 Å². The molecule has 1 saturated heterocycles. The highest BCUT2D eigenvalue weighted by molar-refractivity contribution is 7.46. The minimum atomic E-state index is -4.77. The second-order valence-corrected chi connectivity index (χ2v) is 4.34. The van der Waals surface area contributed by atoms with Crippen LogP contribution in [0.3, 0.4) is 0 Å². The number of morpholine rings is 1. The molecule has 2 N–H and O–H groups in total. The number of hydrogen-bond acceptors (Lipinski definition) is 4. The Morgan fingerprint density at radius 1 is 1.44 bits per heavy atom. The van der Waals surface area contributed by atoms with Crippen LogP contribution in [0.1, 0.15) is 0 Å². The number of amides is 1. The molecule has 7 nitrogen and oxygen atoms in total. The Morgan fingerprint density at radius 2 is 2.00 bits per heavy atom. The van der Waals surface area contributed by atoms with Gasteiger partial charge >= 0.3 is 7.82 Å². The van der Waals surface area contributed by atoms with E-state index in [0.717, 1.165) is 0 Å². The lowest BCUT2D eigenvalue weighted by molar-refractivity contribution is -0.133. The van der Waals surface area contributed by atoms with Gasteiger partial charge in [-0.15, -0.1) is 0 Å². The van der Waals surface area contributed by atoms with Crippen LogP contribution in [-0.4, -0.2) is 46.9 Å². The molecule has 0 aliphatic carbocycles. The van der Waals surface area contributed by atoms with Gasteiger partial charge in [-0.3, -0.25) is 14.6 Å². The van der Waals surface area contributed by atoms with Gasteiger partial charge in [0, 0.05) is 13.1 Å².